The largest absolute Gasteiger partial charge is 0.478 e. The van der Waals surface area contributed by atoms with Crippen LogP contribution in [0.5, 0.6) is 0 Å². The number of likely N-dealkylation sites (N-methyl/N-ethyl adjacent to an activating group) is 1. The molecule has 2 aromatic carbocycles. The van der Waals surface area contributed by atoms with E-state index in [4.69, 9.17) is 4.74 Å². The molecule has 0 saturated carbocycles. The molecule has 33 heavy (non-hydrogen) atoms. The topological polar surface area (TPSA) is 95.9 Å². The number of aryl methyl sites for hydroxylation is 1. The number of methoxy groups -OCH3 is 1. The lowest BCUT2D eigenvalue weighted by Crippen LogP contribution is -2.27. The van der Waals surface area contributed by atoms with Gasteiger partial charge in [-0.25, -0.2) is 13.2 Å². The van der Waals surface area contributed by atoms with Crippen LogP contribution in [-0.4, -0.2) is 57.7 Å². The van der Waals surface area contributed by atoms with Gasteiger partial charge in [0.05, 0.1) is 22.8 Å². The van der Waals surface area contributed by atoms with Crippen LogP contribution in [0.15, 0.2) is 47.4 Å². The minimum Gasteiger partial charge on any atom is -0.478 e. The third kappa shape index (κ3) is 6.22. The van der Waals surface area contributed by atoms with Crippen molar-refractivity contribution in [2.45, 2.75) is 37.5 Å². The highest BCUT2D eigenvalue weighted by molar-refractivity contribution is 7.92. The summed E-state index contributed by atoms with van der Waals surface area (Å²) in [5.41, 5.74) is 2.43. The number of rotatable bonds is 11. The first-order valence-corrected chi connectivity index (χ1v) is 12.7. The number of hydrogen-bond donors (Lipinski definition) is 2. The van der Waals surface area contributed by atoms with Crippen molar-refractivity contribution in [3.05, 3.63) is 64.7 Å². The van der Waals surface area contributed by atoms with Gasteiger partial charge in [0, 0.05) is 20.2 Å². The fourth-order valence-electron chi connectivity index (χ4n) is 4.15. The van der Waals surface area contributed by atoms with Crippen LogP contribution >= 0.6 is 0 Å². The van der Waals surface area contributed by atoms with Gasteiger partial charge in [-0.15, -0.1) is 0 Å². The Morgan fingerprint density at radius 2 is 1.94 bits per heavy atom. The zero-order chi connectivity index (χ0) is 23.8. The lowest BCUT2D eigenvalue weighted by Gasteiger charge is -2.21. The van der Waals surface area contributed by atoms with Crippen LogP contribution in [0.4, 0.5) is 5.69 Å². The minimum absolute atomic E-state index is 0.0560. The van der Waals surface area contributed by atoms with E-state index in [1.54, 1.807) is 37.5 Å². The minimum atomic E-state index is -4.00. The van der Waals surface area contributed by atoms with Crippen LogP contribution in [0, 0.1) is 0 Å². The molecule has 8 heteroatoms. The highest BCUT2D eigenvalue weighted by Crippen LogP contribution is 2.31. The molecule has 3 rings (SSSR count). The number of carboxylic acids is 1. The Kier molecular flexibility index (Phi) is 8.66. The smallest absolute Gasteiger partial charge is 0.338 e. The van der Waals surface area contributed by atoms with Gasteiger partial charge < -0.3 is 9.84 Å². The van der Waals surface area contributed by atoms with Crippen molar-refractivity contribution in [3.8, 4) is 0 Å². The summed E-state index contributed by atoms with van der Waals surface area (Å²) < 4.78 is 34.3. The average Bonchev–Trinajstić information content (AvgIpc) is 2.80. The summed E-state index contributed by atoms with van der Waals surface area (Å²) in [7, 11) is -2.33. The van der Waals surface area contributed by atoms with E-state index in [9.17, 15) is 18.3 Å². The Hall–Kier alpha value is -2.68. The molecule has 2 N–H and O–H groups in total. The maximum absolute atomic E-state index is 13.3. The molecule has 0 atom stereocenters. The third-order valence-electron chi connectivity index (χ3n) is 5.92. The maximum Gasteiger partial charge on any atom is 0.338 e. The summed E-state index contributed by atoms with van der Waals surface area (Å²) in [4.78, 5) is 14.3. The number of nitrogens with zero attached hydrogens (tertiary/aromatic N) is 1. The van der Waals surface area contributed by atoms with Gasteiger partial charge in [-0.2, -0.15) is 0 Å². The molecule has 0 fully saturated rings. The molecule has 1 aliphatic rings. The number of anilines is 1. The van der Waals surface area contributed by atoms with Crippen molar-refractivity contribution in [1.29, 1.82) is 0 Å². The van der Waals surface area contributed by atoms with Gasteiger partial charge in [0.2, 0.25) is 0 Å². The van der Waals surface area contributed by atoms with Gasteiger partial charge >= 0.3 is 5.97 Å². The Balaban J connectivity index is 1.88. The Morgan fingerprint density at radius 3 is 2.67 bits per heavy atom. The predicted molar refractivity (Wildman–Crippen MR) is 130 cm³/mol. The molecule has 1 aliphatic carbocycles. The monoisotopic (exact) mass is 472 g/mol. The van der Waals surface area contributed by atoms with E-state index in [2.05, 4.69) is 16.5 Å². The Morgan fingerprint density at radius 1 is 1.18 bits per heavy atom. The molecule has 0 amide bonds. The SMILES string of the molecule is CCN(C/C=C\c1ccccc1S(=O)(=O)Nc1ccc2c(c1C(=O)O)CCCC2)CCOC. The van der Waals surface area contributed by atoms with Gasteiger partial charge in [0.25, 0.3) is 10.0 Å². The fraction of sp³-hybridized carbons (Fsp3) is 0.400. The molecule has 0 heterocycles. The molecule has 0 bridgehead atoms. The van der Waals surface area contributed by atoms with E-state index in [0.717, 1.165) is 43.5 Å². The van der Waals surface area contributed by atoms with Crippen molar-refractivity contribution in [3.63, 3.8) is 0 Å². The van der Waals surface area contributed by atoms with E-state index in [0.29, 0.717) is 25.1 Å². The summed E-state index contributed by atoms with van der Waals surface area (Å²) in [6, 6.07) is 10.1. The zero-order valence-electron chi connectivity index (χ0n) is 19.2. The Bertz CT molecular complexity index is 1110. The van der Waals surface area contributed by atoms with Crippen molar-refractivity contribution in [2.75, 3.05) is 38.1 Å². The molecule has 0 radical (unpaired) electrons. The second kappa shape index (κ2) is 11.4. The van der Waals surface area contributed by atoms with Crippen molar-refractivity contribution in [1.82, 2.24) is 4.90 Å². The standard InChI is InChI=1S/C25H32N2O5S/c1-3-27(17-18-32-2)16-8-11-20-10-5-7-13-23(20)33(30,31)26-22-15-14-19-9-4-6-12-21(19)24(22)25(28)29/h5,7-8,10-11,13-15,26H,3-4,6,9,12,16-18H2,1-2H3,(H,28,29)/b11-8-. The van der Waals surface area contributed by atoms with E-state index < -0.39 is 16.0 Å². The van der Waals surface area contributed by atoms with Gasteiger partial charge in [-0.3, -0.25) is 9.62 Å². The molecule has 0 spiro atoms. The molecule has 0 aliphatic heterocycles. The van der Waals surface area contributed by atoms with Crippen molar-refractivity contribution < 1.29 is 23.1 Å². The summed E-state index contributed by atoms with van der Waals surface area (Å²) in [6.07, 6.45) is 7.08. The number of nitrogens with one attached hydrogen (secondary N) is 1. The molecule has 2 aromatic rings. The summed E-state index contributed by atoms with van der Waals surface area (Å²) in [6.45, 7) is 4.99. The summed E-state index contributed by atoms with van der Waals surface area (Å²) >= 11 is 0. The van der Waals surface area contributed by atoms with Gasteiger partial charge in [-0.1, -0.05) is 43.3 Å². The second-order valence-corrected chi connectivity index (χ2v) is 9.72. The second-order valence-electron chi connectivity index (χ2n) is 8.07. The quantitative estimate of drug-likeness (QED) is 0.512. The number of carboxylic acid groups (broad SMARTS) is 1. The van der Waals surface area contributed by atoms with Gasteiger partial charge in [0.1, 0.15) is 0 Å². The average molecular weight is 473 g/mol. The summed E-state index contributed by atoms with van der Waals surface area (Å²) in [5.74, 6) is -1.12. The maximum atomic E-state index is 13.3. The molecule has 0 unspecified atom stereocenters. The fourth-order valence-corrected chi connectivity index (χ4v) is 5.42. The van der Waals surface area contributed by atoms with Crippen LogP contribution < -0.4 is 4.72 Å². The first-order chi connectivity index (χ1) is 15.9. The number of fused-ring (bicyclic) bond motifs is 1. The summed E-state index contributed by atoms with van der Waals surface area (Å²) in [5, 5.41) is 9.84. The van der Waals surface area contributed by atoms with Crippen molar-refractivity contribution in [2.24, 2.45) is 0 Å². The highest BCUT2D eigenvalue weighted by Gasteiger charge is 2.25. The molecular formula is C25H32N2O5S. The molecule has 0 saturated heterocycles. The lowest BCUT2D eigenvalue weighted by molar-refractivity contribution is 0.0696. The lowest BCUT2D eigenvalue weighted by atomic mass is 9.87. The Labute approximate surface area is 196 Å². The van der Waals surface area contributed by atoms with Crippen molar-refractivity contribution >= 4 is 27.8 Å². The van der Waals surface area contributed by atoms with Crippen LogP contribution in [-0.2, 0) is 27.6 Å². The number of carbonyl (C=O) groups is 1. The predicted octanol–water partition coefficient (Wildman–Crippen LogP) is 4.05. The number of aromatic carboxylic acids is 1. The van der Waals surface area contributed by atoms with Crippen LogP contribution in [0.3, 0.4) is 0 Å². The first-order valence-electron chi connectivity index (χ1n) is 11.2. The van der Waals surface area contributed by atoms with Crippen LogP contribution in [0.1, 0.15) is 46.8 Å². The van der Waals surface area contributed by atoms with Gasteiger partial charge in [-0.05, 0) is 61.1 Å². The molecular weight excluding hydrogens is 440 g/mol. The number of ether oxygens (including phenoxy) is 1. The normalized spacial score (nSPS) is 13.9. The number of sulfonamides is 1. The van der Waals surface area contributed by atoms with Crippen LogP contribution in [0.2, 0.25) is 0 Å². The van der Waals surface area contributed by atoms with E-state index >= 15 is 0 Å². The first kappa shape index (κ1) is 25.0. The van der Waals surface area contributed by atoms with E-state index in [1.807, 2.05) is 12.1 Å². The van der Waals surface area contributed by atoms with Crippen LogP contribution in [0.25, 0.3) is 6.08 Å². The van der Waals surface area contributed by atoms with Gasteiger partial charge in [0.15, 0.2) is 0 Å². The third-order valence-corrected chi connectivity index (χ3v) is 7.36. The van der Waals surface area contributed by atoms with E-state index in [-0.39, 0.29) is 16.1 Å². The zero-order valence-corrected chi connectivity index (χ0v) is 20.0. The molecule has 0 aromatic heterocycles. The molecule has 178 valence electrons. The number of benzene rings is 2. The number of hydrogen-bond acceptors (Lipinski definition) is 5. The molecule has 7 nitrogen and oxygen atoms in total. The highest BCUT2D eigenvalue weighted by atomic mass is 32.2. The van der Waals surface area contributed by atoms with E-state index in [1.165, 1.54) is 6.07 Å².